The topological polar surface area (TPSA) is 159 Å². The van der Waals surface area contributed by atoms with Crippen LogP contribution in [0, 0.1) is 0 Å². The molecule has 204 valence electrons. The Morgan fingerprint density at radius 2 is 1.57 bits per heavy atom. The summed E-state index contributed by atoms with van der Waals surface area (Å²) < 4.78 is 10.6. The number of guanidine groups is 1. The van der Waals surface area contributed by atoms with Crippen LogP contribution < -0.4 is 10.6 Å². The van der Waals surface area contributed by atoms with Gasteiger partial charge in [0.25, 0.3) is 0 Å². The molecule has 3 aliphatic rings. The first kappa shape index (κ1) is 27.0. The lowest BCUT2D eigenvalue weighted by molar-refractivity contribution is -0.0584. The van der Waals surface area contributed by atoms with Gasteiger partial charge in [-0.1, -0.05) is 11.3 Å². The van der Waals surface area contributed by atoms with Crippen LogP contribution in [0.3, 0.4) is 0 Å². The second kappa shape index (κ2) is 10.0. The third-order valence-electron chi connectivity index (χ3n) is 6.10. The molecule has 0 radical (unpaired) electrons. The largest absolute Gasteiger partial charge is 0.444 e. The van der Waals surface area contributed by atoms with Gasteiger partial charge in [-0.15, -0.1) is 10.2 Å². The number of alkyl carbamates (subject to hydrolysis) is 2. The van der Waals surface area contributed by atoms with Crippen molar-refractivity contribution < 1.29 is 29.1 Å². The predicted molar refractivity (Wildman–Crippen MR) is 133 cm³/mol. The molecule has 3 fully saturated rings. The third-order valence-corrected chi connectivity index (χ3v) is 7.29. The van der Waals surface area contributed by atoms with Gasteiger partial charge in [0.1, 0.15) is 21.2 Å². The Labute approximate surface area is 219 Å². The zero-order chi connectivity index (χ0) is 27.1. The van der Waals surface area contributed by atoms with Crippen molar-refractivity contribution in [2.24, 2.45) is 4.99 Å². The number of amides is 4. The minimum Gasteiger partial charge on any atom is -0.444 e. The number of nitrogens with zero attached hydrogens (tertiary/aromatic N) is 5. The van der Waals surface area contributed by atoms with Crippen LogP contribution in [0.2, 0.25) is 0 Å². The Hall–Kier alpha value is -3.00. The predicted octanol–water partition coefficient (Wildman–Crippen LogP) is 3.52. The highest BCUT2D eigenvalue weighted by Gasteiger charge is 2.46. The van der Waals surface area contributed by atoms with Crippen LogP contribution in [0.1, 0.15) is 89.2 Å². The first-order valence-corrected chi connectivity index (χ1v) is 13.2. The van der Waals surface area contributed by atoms with Crippen molar-refractivity contribution in [2.75, 3.05) is 6.54 Å². The number of hydrogen-bond acceptors (Lipinski definition) is 10. The van der Waals surface area contributed by atoms with Crippen LogP contribution in [-0.2, 0) is 9.47 Å². The quantitative estimate of drug-likeness (QED) is 0.300. The SMILES string of the molecule is CC(C)(C)OC(=O)NC(=NC1CC(c2nnc([C@@H]3CC[C@H]4CN3C(=O)N4O)s2)C1)NC(=O)OC(C)(C)C. The van der Waals surface area contributed by atoms with Crippen molar-refractivity contribution in [1.82, 2.24) is 30.8 Å². The fourth-order valence-corrected chi connectivity index (χ4v) is 5.55. The first-order chi connectivity index (χ1) is 17.2. The molecule has 0 aromatic carbocycles. The lowest BCUT2D eigenvalue weighted by atomic mass is 9.81. The van der Waals surface area contributed by atoms with E-state index in [1.807, 2.05) is 0 Å². The van der Waals surface area contributed by atoms with Crippen molar-refractivity contribution in [3.63, 3.8) is 0 Å². The number of carbonyl (C=O) groups excluding carboxylic acids is 3. The number of hydrogen-bond donors (Lipinski definition) is 3. The molecule has 2 aliphatic heterocycles. The molecule has 14 heteroatoms. The van der Waals surface area contributed by atoms with E-state index in [2.05, 4.69) is 25.8 Å². The third kappa shape index (κ3) is 6.66. The van der Waals surface area contributed by atoms with Gasteiger partial charge in [-0.3, -0.25) is 15.8 Å². The monoisotopic (exact) mass is 537 g/mol. The Kier molecular flexibility index (Phi) is 7.34. The number of hydroxylamine groups is 2. The summed E-state index contributed by atoms with van der Waals surface area (Å²) in [6.45, 7) is 10.9. The van der Waals surface area contributed by atoms with Gasteiger partial charge in [0.05, 0.1) is 18.1 Å². The van der Waals surface area contributed by atoms with Gasteiger partial charge in [0.2, 0.25) is 5.96 Å². The van der Waals surface area contributed by atoms with E-state index in [0.29, 0.717) is 19.4 Å². The van der Waals surface area contributed by atoms with E-state index in [9.17, 15) is 19.6 Å². The number of piperidine rings is 1. The lowest BCUT2D eigenvalue weighted by Gasteiger charge is -2.31. The van der Waals surface area contributed by atoms with Gasteiger partial charge in [0, 0.05) is 12.5 Å². The molecule has 0 unspecified atom stereocenters. The average Bonchev–Trinajstić information content (AvgIpc) is 3.28. The second-order valence-corrected chi connectivity index (χ2v) is 12.6. The summed E-state index contributed by atoms with van der Waals surface area (Å²) in [6, 6.07) is -0.872. The zero-order valence-electron chi connectivity index (χ0n) is 22.0. The molecule has 37 heavy (non-hydrogen) atoms. The van der Waals surface area contributed by atoms with E-state index >= 15 is 0 Å². The molecule has 3 N–H and O–H groups in total. The summed E-state index contributed by atoms with van der Waals surface area (Å²) >= 11 is 1.47. The van der Waals surface area contributed by atoms with Gasteiger partial charge in [0.15, 0.2) is 0 Å². The van der Waals surface area contributed by atoms with Crippen molar-refractivity contribution in [2.45, 2.75) is 102 Å². The number of ether oxygens (including phenoxy) is 2. The lowest BCUT2D eigenvalue weighted by Crippen LogP contribution is -2.48. The van der Waals surface area contributed by atoms with Gasteiger partial charge in [-0.25, -0.2) is 24.4 Å². The number of urea groups is 1. The molecule has 1 saturated carbocycles. The molecular formula is C23H35N7O6S. The Morgan fingerprint density at radius 1 is 1.00 bits per heavy atom. The zero-order valence-corrected chi connectivity index (χ0v) is 22.8. The van der Waals surface area contributed by atoms with Gasteiger partial charge in [-0.05, 0) is 67.2 Å². The molecule has 4 amide bonds. The van der Waals surface area contributed by atoms with E-state index in [-0.39, 0.29) is 36.0 Å². The number of nitrogens with one attached hydrogen (secondary N) is 2. The second-order valence-electron chi connectivity index (χ2n) is 11.6. The van der Waals surface area contributed by atoms with Gasteiger partial charge in [-0.2, -0.15) is 0 Å². The molecule has 1 aromatic rings. The summed E-state index contributed by atoms with van der Waals surface area (Å²) in [5, 5.41) is 26.1. The van der Waals surface area contributed by atoms with Crippen LogP contribution in [0.4, 0.5) is 14.4 Å². The average molecular weight is 538 g/mol. The molecule has 1 aliphatic carbocycles. The van der Waals surface area contributed by atoms with Crippen LogP contribution in [0.25, 0.3) is 0 Å². The molecule has 2 saturated heterocycles. The van der Waals surface area contributed by atoms with Crippen molar-refractivity contribution in [1.29, 1.82) is 0 Å². The van der Waals surface area contributed by atoms with E-state index in [0.717, 1.165) is 27.9 Å². The number of aromatic nitrogens is 2. The highest BCUT2D eigenvalue weighted by atomic mass is 32.1. The molecule has 0 spiro atoms. The molecule has 2 atom stereocenters. The number of fused-ring (bicyclic) bond motifs is 2. The molecule has 1 aromatic heterocycles. The molecule has 13 nitrogen and oxygen atoms in total. The van der Waals surface area contributed by atoms with Gasteiger partial charge >= 0.3 is 18.2 Å². The van der Waals surface area contributed by atoms with Crippen LogP contribution >= 0.6 is 11.3 Å². The maximum Gasteiger partial charge on any atom is 0.414 e. The number of rotatable bonds is 3. The van der Waals surface area contributed by atoms with Crippen molar-refractivity contribution in [3.8, 4) is 0 Å². The van der Waals surface area contributed by atoms with E-state index in [1.165, 1.54) is 11.3 Å². The molecular weight excluding hydrogens is 502 g/mol. The summed E-state index contributed by atoms with van der Waals surface area (Å²) in [7, 11) is 0. The normalized spacial score (nSPS) is 25.3. The fraction of sp³-hybridized carbons (Fsp3) is 0.739. The van der Waals surface area contributed by atoms with Gasteiger partial charge < -0.3 is 14.4 Å². The highest BCUT2D eigenvalue weighted by Crippen LogP contribution is 2.43. The van der Waals surface area contributed by atoms with Crippen LogP contribution in [0.15, 0.2) is 4.99 Å². The van der Waals surface area contributed by atoms with Crippen molar-refractivity contribution in [3.05, 3.63) is 10.0 Å². The Balaban J connectivity index is 1.38. The minimum absolute atomic E-state index is 0.0391. The minimum atomic E-state index is -0.737. The highest BCUT2D eigenvalue weighted by molar-refractivity contribution is 7.11. The summed E-state index contributed by atoms with van der Waals surface area (Å²) in [5.41, 5.74) is -1.43. The summed E-state index contributed by atoms with van der Waals surface area (Å²) in [5.74, 6) is 0.0898. The van der Waals surface area contributed by atoms with Crippen molar-refractivity contribution >= 4 is 35.5 Å². The molecule has 4 rings (SSSR count). The van der Waals surface area contributed by atoms with Crippen LogP contribution in [0.5, 0.6) is 0 Å². The number of aliphatic imine (C=N–C) groups is 1. The van der Waals surface area contributed by atoms with E-state index in [1.54, 1.807) is 46.4 Å². The number of carbonyl (C=O) groups is 3. The van der Waals surface area contributed by atoms with Crippen LogP contribution in [-0.4, -0.2) is 79.4 Å². The Morgan fingerprint density at radius 3 is 2.14 bits per heavy atom. The maximum absolute atomic E-state index is 12.3. The van der Waals surface area contributed by atoms with E-state index in [4.69, 9.17) is 9.47 Å². The van der Waals surface area contributed by atoms with E-state index < -0.39 is 23.4 Å². The fourth-order valence-electron chi connectivity index (χ4n) is 4.43. The molecule has 3 heterocycles. The first-order valence-electron chi connectivity index (χ1n) is 12.4. The summed E-state index contributed by atoms with van der Waals surface area (Å²) in [4.78, 5) is 43.0. The Bertz CT molecular complexity index is 1040. The smallest absolute Gasteiger partial charge is 0.414 e. The maximum atomic E-state index is 12.3. The summed E-state index contributed by atoms with van der Waals surface area (Å²) in [6.07, 6.45) is 1.29. The standard InChI is InChI=1S/C23H35N7O6S/c1-22(2,3)35-19(31)25-18(26-20(32)36-23(4,5)6)24-13-9-12(10-13)16-27-28-17(37-16)15-8-7-14-11-29(15)21(33)30(14)34/h12-15,34H,7-11H2,1-6H3,(H2,24,25,26,31,32)/t12?,13?,14-,15-/m0/s1. The molecule has 2 bridgehead atoms.